The van der Waals surface area contributed by atoms with Crippen LogP contribution in [0.15, 0.2) is 0 Å². The molecule has 98 valence electrons. The van der Waals surface area contributed by atoms with Crippen molar-refractivity contribution in [1.29, 1.82) is 5.26 Å². The van der Waals surface area contributed by atoms with Crippen LogP contribution in [0.1, 0.15) is 13.3 Å². The van der Waals surface area contributed by atoms with E-state index in [1.807, 2.05) is 0 Å². The predicted octanol–water partition coefficient (Wildman–Crippen LogP) is -2.69. The Kier molecular flexibility index (Phi) is 7.88. The number of nitrogens with zero attached hydrogens (tertiary/aromatic N) is 2. The van der Waals surface area contributed by atoms with Crippen molar-refractivity contribution in [3.8, 4) is 6.07 Å². The fourth-order valence-electron chi connectivity index (χ4n) is 1.96. The van der Waals surface area contributed by atoms with Gasteiger partial charge in [0.1, 0.15) is 13.1 Å². The minimum atomic E-state index is -0.178. The van der Waals surface area contributed by atoms with Gasteiger partial charge in [0.05, 0.1) is 38.9 Å². The Bertz CT molecular complexity index is 272. The van der Waals surface area contributed by atoms with Crippen LogP contribution in [0.25, 0.3) is 0 Å². The van der Waals surface area contributed by atoms with Crippen LogP contribution in [0.4, 0.5) is 0 Å². The molecule has 0 radical (unpaired) electrons. The molecule has 17 heavy (non-hydrogen) atoms. The zero-order valence-electron chi connectivity index (χ0n) is 10.2. The van der Waals surface area contributed by atoms with Gasteiger partial charge in [0.25, 0.3) is 0 Å². The van der Waals surface area contributed by atoms with Crippen molar-refractivity contribution in [2.75, 3.05) is 46.0 Å². The number of hydrogen-bond donors (Lipinski definition) is 0. The molecule has 1 aliphatic rings. The van der Waals surface area contributed by atoms with E-state index in [0.29, 0.717) is 43.8 Å². The van der Waals surface area contributed by atoms with Crippen molar-refractivity contribution in [3.63, 3.8) is 0 Å². The zero-order chi connectivity index (χ0) is 11.9. The van der Waals surface area contributed by atoms with Crippen LogP contribution in [0, 0.1) is 11.3 Å². The summed E-state index contributed by atoms with van der Waals surface area (Å²) < 4.78 is 10.9. The van der Waals surface area contributed by atoms with E-state index < -0.39 is 0 Å². The van der Waals surface area contributed by atoms with E-state index in [-0.39, 0.29) is 18.4 Å². The summed E-state index contributed by atoms with van der Waals surface area (Å²) in [5, 5.41) is 8.64. The van der Waals surface area contributed by atoms with Gasteiger partial charge < -0.3 is 26.4 Å². The fraction of sp³-hybridized carbons (Fsp3) is 0.818. The lowest BCUT2D eigenvalue weighted by molar-refractivity contribution is -0.928. The van der Waals surface area contributed by atoms with Crippen LogP contribution in [-0.4, -0.2) is 56.5 Å². The molecule has 5 nitrogen and oxygen atoms in total. The van der Waals surface area contributed by atoms with Gasteiger partial charge in [-0.3, -0.25) is 0 Å². The molecular formula is C11H19ClN2O3. The minimum absolute atomic E-state index is 0. The zero-order valence-corrected chi connectivity index (χ0v) is 10.9. The molecule has 0 aliphatic carbocycles. The van der Waals surface area contributed by atoms with Gasteiger partial charge in [-0.25, -0.2) is 4.79 Å². The number of carbonyl (C=O) groups excluding carboxylic acids is 1. The third-order valence-corrected chi connectivity index (χ3v) is 2.89. The lowest BCUT2D eigenvalue weighted by Crippen LogP contribution is -3.00. The molecule has 0 aromatic rings. The van der Waals surface area contributed by atoms with Crippen molar-refractivity contribution < 1.29 is 31.2 Å². The molecule has 0 saturated carbocycles. The van der Waals surface area contributed by atoms with E-state index >= 15 is 0 Å². The first kappa shape index (κ1) is 16.2. The summed E-state index contributed by atoms with van der Waals surface area (Å²) >= 11 is 0. The molecule has 0 atom stereocenters. The van der Waals surface area contributed by atoms with Crippen molar-refractivity contribution in [2.24, 2.45) is 0 Å². The highest BCUT2D eigenvalue weighted by Crippen LogP contribution is 2.12. The average Bonchev–Trinajstić information content (AvgIpc) is 2.28. The average molecular weight is 263 g/mol. The predicted molar refractivity (Wildman–Crippen MR) is 57.4 cm³/mol. The summed E-state index contributed by atoms with van der Waals surface area (Å²) in [5.41, 5.74) is 0. The minimum Gasteiger partial charge on any atom is -1.00 e. The standard InChI is InChI=1S/C11H19N2O3.ClH/c1-2-16-11(14)10-13(5-3-4-12)6-8-15-9-7-13;/h2-3,5-10H2,1H3;1H/q+1;/p-1. The Morgan fingerprint density at radius 2 is 2.12 bits per heavy atom. The second-order valence-electron chi connectivity index (χ2n) is 4.00. The largest absolute Gasteiger partial charge is 1.00 e. The second kappa shape index (κ2) is 8.29. The maximum atomic E-state index is 11.5. The van der Waals surface area contributed by atoms with Crippen molar-refractivity contribution in [3.05, 3.63) is 0 Å². The van der Waals surface area contributed by atoms with E-state index in [1.165, 1.54) is 0 Å². The van der Waals surface area contributed by atoms with E-state index in [2.05, 4.69) is 6.07 Å². The van der Waals surface area contributed by atoms with Gasteiger partial charge in [0.2, 0.25) is 0 Å². The van der Waals surface area contributed by atoms with E-state index in [0.717, 1.165) is 13.1 Å². The Morgan fingerprint density at radius 1 is 1.47 bits per heavy atom. The molecule has 0 spiro atoms. The molecule has 1 rings (SSSR count). The SMILES string of the molecule is CCOC(=O)C[N+]1(CCC#N)CCOCC1.[Cl-]. The molecule has 0 N–H and O–H groups in total. The number of carbonyl (C=O) groups is 1. The van der Waals surface area contributed by atoms with Gasteiger partial charge in [-0.05, 0) is 6.92 Å². The first-order valence-corrected chi connectivity index (χ1v) is 5.68. The number of halogens is 1. The smallest absolute Gasteiger partial charge is 0.361 e. The lowest BCUT2D eigenvalue weighted by atomic mass is 10.2. The molecular weight excluding hydrogens is 244 g/mol. The summed E-state index contributed by atoms with van der Waals surface area (Å²) in [4.78, 5) is 11.5. The van der Waals surface area contributed by atoms with Gasteiger partial charge in [-0.1, -0.05) is 0 Å². The van der Waals surface area contributed by atoms with Crippen molar-refractivity contribution in [1.82, 2.24) is 0 Å². The third kappa shape index (κ3) is 5.35. The highest BCUT2D eigenvalue weighted by atomic mass is 35.5. The Morgan fingerprint density at radius 3 is 2.65 bits per heavy atom. The van der Waals surface area contributed by atoms with Crippen LogP contribution in [0.3, 0.4) is 0 Å². The molecule has 1 saturated heterocycles. The highest BCUT2D eigenvalue weighted by Gasteiger charge is 2.33. The summed E-state index contributed by atoms with van der Waals surface area (Å²) in [6.45, 7) is 6.18. The summed E-state index contributed by atoms with van der Waals surface area (Å²) in [7, 11) is 0. The van der Waals surface area contributed by atoms with Crippen LogP contribution >= 0.6 is 0 Å². The van der Waals surface area contributed by atoms with Crippen molar-refractivity contribution in [2.45, 2.75) is 13.3 Å². The molecule has 1 heterocycles. The van der Waals surface area contributed by atoms with Crippen molar-refractivity contribution >= 4 is 5.97 Å². The molecule has 0 aromatic heterocycles. The maximum Gasteiger partial charge on any atom is 0.361 e. The first-order chi connectivity index (χ1) is 7.72. The fourth-order valence-corrected chi connectivity index (χ4v) is 1.96. The Hall–Kier alpha value is -0.830. The van der Waals surface area contributed by atoms with E-state index in [9.17, 15) is 4.79 Å². The summed E-state index contributed by atoms with van der Waals surface area (Å²) in [6.07, 6.45) is 0.472. The number of ether oxygens (including phenoxy) is 2. The normalized spacial score (nSPS) is 17.6. The molecule has 1 aliphatic heterocycles. The van der Waals surface area contributed by atoms with E-state index in [1.54, 1.807) is 6.92 Å². The summed E-state index contributed by atoms with van der Waals surface area (Å²) in [6, 6.07) is 2.14. The molecule has 0 amide bonds. The molecule has 1 fully saturated rings. The summed E-state index contributed by atoms with van der Waals surface area (Å²) in [5.74, 6) is -0.178. The highest BCUT2D eigenvalue weighted by molar-refractivity contribution is 5.70. The number of nitriles is 1. The molecule has 0 unspecified atom stereocenters. The molecule has 0 bridgehead atoms. The first-order valence-electron chi connectivity index (χ1n) is 5.68. The number of rotatable bonds is 5. The van der Waals surface area contributed by atoms with Gasteiger partial charge in [0.15, 0.2) is 6.54 Å². The quantitative estimate of drug-likeness (QED) is 0.400. The van der Waals surface area contributed by atoms with Gasteiger partial charge in [0, 0.05) is 0 Å². The molecule has 6 heteroatoms. The van der Waals surface area contributed by atoms with Crippen LogP contribution in [0.2, 0.25) is 0 Å². The monoisotopic (exact) mass is 262 g/mol. The van der Waals surface area contributed by atoms with Crippen LogP contribution in [-0.2, 0) is 14.3 Å². The maximum absolute atomic E-state index is 11.5. The van der Waals surface area contributed by atoms with Gasteiger partial charge >= 0.3 is 5.97 Å². The Balaban J connectivity index is 0.00000256. The van der Waals surface area contributed by atoms with Gasteiger partial charge in [-0.2, -0.15) is 5.26 Å². The number of quaternary nitrogens is 1. The number of esters is 1. The number of morpholine rings is 1. The Labute approximate surface area is 108 Å². The van der Waals surface area contributed by atoms with Crippen LogP contribution < -0.4 is 12.4 Å². The van der Waals surface area contributed by atoms with E-state index in [4.69, 9.17) is 14.7 Å². The van der Waals surface area contributed by atoms with Gasteiger partial charge in [-0.15, -0.1) is 0 Å². The van der Waals surface area contributed by atoms with Crippen LogP contribution in [0.5, 0.6) is 0 Å². The third-order valence-electron chi connectivity index (χ3n) is 2.89. The number of hydrogen-bond acceptors (Lipinski definition) is 4. The molecule has 0 aromatic carbocycles. The topological polar surface area (TPSA) is 59.3 Å². The second-order valence-corrected chi connectivity index (χ2v) is 4.00. The lowest BCUT2D eigenvalue weighted by Gasteiger charge is -2.39.